The maximum Gasteiger partial charge on any atom is 0.226 e. The lowest BCUT2D eigenvalue weighted by Gasteiger charge is -2.33. The first kappa shape index (κ1) is 19.0. The third-order valence-corrected chi connectivity index (χ3v) is 4.70. The molecule has 0 unspecified atom stereocenters. The summed E-state index contributed by atoms with van der Waals surface area (Å²) in [4.78, 5) is 12.1. The highest BCUT2D eigenvalue weighted by Gasteiger charge is 2.20. The fraction of sp³-hybridized carbons (Fsp3) is 0.389. The summed E-state index contributed by atoms with van der Waals surface area (Å²) in [6, 6.07) is 11.7. The second-order valence-corrected chi connectivity index (χ2v) is 6.55. The van der Waals surface area contributed by atoms with Gasteiger partial charge in [0.2, 0.25) is 5.95 Å². The predicted octanol–water partition coefficient (Wildman–Crippen LogP) is 3.09. The molecule has 6 nitrogen and oxygen atoms in total. The largest absolute Gasteiger partial charge is 0.399 e. The molecule has 1 aromatic carbocycles. The van der Waals surface area contributed by atoms with Crippen molar-refractivity contribution in [2.75, 3.05) is 36.8 Å². The molecule has 0 bridgehead atoms. The molecule has 1 saturated heterocycles. The van der Waals surface area contributed by atoms with Crippen molar-refractivity contribution in [1.82, 2.24) is 14.3 Å². The summed E-state index contributed by atoms with van der Waals surface area (Å²) in [5.74, 6) is 0.652. The Bertz CT molecular complexity index is 717. The lowest BCUT2D eigenvalue weighted by Crippen LogP contribution is -2.44. The molecule has 0 atom stereocenters. The first-order valence-electron chi connectivity index (χ1n) is 8.43. The van der Waals surface area contributed by atoms with Crippen LogP contribution in [0.15, 0.2) is 35.2 Å². The van der Waals surface area contributed by atoms with Crippen LogP contribution < -0.4 is 10.6 Å². The molecule has 3 rings (SSSR count). The second-order valence-electron chi connectivity index (χ2n) is 5.38. The Morgan fingerprint density at radius 3 is 2.32 bits per heavy atom. The van der Waals surface area contributed by atoms with Gasteiger partial charge in [0, 0.05) is 42.5 Å². The number of nitrogen functional groups attached to an aromatic ring is 1. The number of aromatic nitrogens is 2. The van der Waals surface area contributed by atoms with Crippen LogP contribution >= 0.6 is 11.9 Å². The number of benzene rings is 1. The van der Waals surface area contributed by atoms with Crippen molar-refractivity contribution in [1.29, 1.82) is 5.26 Å². The second kappa shape index (κ2) is 9.25. The van der Waals surface area contributed by atoms with E-state index in [0.29, 0.717) is 11.6 Å². The van der Waals surface area contributed by atoms with E-state index in [9.17, 15) is 0 Å². The Morgan fingerprint density at radius 1 is 1.08 bits per heavy atom. The highest BCUT2D eigenvalue weighted by molar-refractivity contribution is 7.97. The van der Waals surface area contributed by atoms with Crippen LogP contribution in [0.25, 0.3) is 0 Å². The molecule has 2 aromatic rings. The number of nitrogens with zero attached hydrogens (tertiary/aromatic N) is 5. The summed E-state index contributed by atoms with van der Waals surface area (Å²) < 4.78 is 2.32. The van der Waals surface area contributed by atoms with Gasteiger partial charge < -0.3 is 10.6 Å². The minimum Gasteiger partial charge on any atom is -0.399 e. The van der Waals surface area contributed by atoms with Crippen LogP contribution in [0.5, 0.6) is 0 Å². The van der Waals surface area contributed by atoms with Crippen LogP contribution in [0.2, 0.25) is 0 Å². The number of nitrogens with two attached hydrogens (primary N) is 1. The van der Waals surface area contributed by atoms with Crippen molar-refractivity contribution < 1.29 is 0 Å². The quantitative estimate of drug-likeness (QED) is 0.668. The van der Waals surface area contributed by atoms with Crippen LogP contribution in [0.4, 0.5) is 11.6 Å². The number of hydrogen-bond acceptors (Lipinski definition) is 7. The lowest BCUT2D eigenvalue weighted by atomic mass is 10.3. The van der Waals surface area contributed by atoms with Crippen molar-refractivity contribution in [3.63, 3.8) is 0 Å². The molecule has 0 radical (unpaired) electrons. The van der Waals surface area contributed by atoms with Crippen LogP contribution in [-0.4, -0.2) is 40.5 Å². The van der Waals surface area contributed by atoms with E-state index in [1.165, 1.54) is 4.90 Å². The average molecular weight is 356 g/mol. The number of aryl methyl sites for hydroxylation is 1. The molecule has 1 aliphatic heterocycles. The van der Waals surface area contributed by atoms with Crippen LogP contribution in [0.3, 0.4) is 0 Å². The summed E-state index contributed by atoms with van der Waals surface area (Å²) in [7, 11) is 0. The molecule has 0 saturated carbocycles. The maximum atomic E-state index is 9.03. The molecule has 0 spiro atoms. The Kier molecular flexibility index (Phi) is 7.04. The van der Waals surface area contributed by atoms with Gasteiger partial charge in [-0.25, -0.2) is 14.3 Å². The molecule has 1 aromatic heterocycles. The molecule has 0 aliphatic carbocycles. The van der Waals surface area contributed by atoms with Crippen LogP contribution in [0, 0.1) is 18.3 Å². The summed E-state index contributed by atoms with van der Waals surface area (Å²) in [6.07, 6.45) is 0. The molecule has 0 amide bonds. The SMILES string of the molecule is CC.Cc1cc(C#N)nc(N2CCN(Sc3ccc(N)cc3)CC2)n1. The van der Waals surface area contributed by atoms with E-state index in [2.05, 4.69) is 25.2 Å². The van der Waals surface area contributed by atoms with E-state index in [-0.39, 0.29) is 0 Å². The molecular weight excluding hydrogens is 332 g/mol. The summed E-state index contributed by atoms with van der Waals surface area (Å²) >= 11 is 1.74. The van der Waals surface area contributed by atoms with Gasteiger partial charge in [-0.1, -0.05) is 13.8 Å². The molecule has 1 aliphatic rings. The lowest BCUT2D eigenvalue weighted by molar-refractivity contribution is 0.426. The molecule has 2 N–H and O–H groups in total. The first-order valence-corrected chi connectivity index (χ1v) is 9.20. The van der Waals surface area contributed by atoms with Crippen LogP contribution in [0.1, 0.15) is 25.2 Å². The zero-order chi connectivity index (χ0) is 18.2. The number of anilines is 2. The van der Waals surface area contributed by atoms with Crippen LogP contribution in [-0.2, 0) is 0 Å². The third kappa shape index (κ3) is 5.34. The fourth-order valence-electron chi connectivity index (χ4n) is 2.41. The molecule has 7 heteroatoms. The van der Waals surface area contributed by atoms with Crippen molar-refractivity contribution in [3.8, 4) is 6.07 Å². The highest BCUT2D eigenvalue weighted by Crippen LogP contribution is 2.25. The number of piperazine rings is 1. The first-order chi connectivity index (χ1) is 12.1. The van der Waals surface area contributed by atoms with Crippen molar-refractivity contribution in [2.45, 2.75) is 25.7 Å². The Balaban J connectivity index is 0.00000109. The van der Waals surface area contributed by atoms with Gasteiger partial charge in [-0.15, -0.1) is 0 Å². The van der Waals surface area contributed by atoms with E-state index >= 15 is 0 Å². The van der Waals surface area contributed by atoms with Gasteiger partial charge in [0.25, 0.3) is 0 Å². The van der Waals surface area contributed by atoms with E-state index in [1.807, 2.05) is 45.0 Å². The fourth-order valence-corrected chi connectivity index (χ4v) is 3.31. The summed E-state index contributed by atoms with van der Waals surface area (Å²) in [5, 5.41) is 9.03. The monoisotopic (exact) mass is 356 g/mol. The predicted molar refractivity (Wildman–Crippen MR) is 103 cm³/mol. The Labute approximate surface area is 153 Å². The van der Waals surface area contributed by atoms with Crippen molar-refractivity contribution >= 4 is 23.6 Å². The summed E-state index contributed by atoms with van der Waals surface area (Å²) in [5.41, 5.74) is 7.74. The van der Waals surface area contributed by atoms with E-state index in [1.54, 1.807) is 18.0 Å². The molecule has 1 fully saturated rings. The van der Waals surface area contributed by atoms with Gasteiger partial charge in [-0.3, -0.25) is 0 Å². The Hall–Kier alpha value is -2.30. The average Bonchev–Trinajstić information content (AvgIpc) is 2.65. The van der Waals surface area contributed by atoms with Gasteiger partial charge in [0.15, 0.2) is 0 Å². The topological polar surface area (TPSA) is 82.1 Å². The van der Waals surface area contributed by atoms with E-state index in [0.717, 1.165) is 37.6 Å². The zero-order valence-electron chi connectivity index (χ0n) is 14.9. The normalized spacial score (nSPS) is 14.4. The molecular formula is C18H24N6S. The standard InChI is InChI=1S/C16H18N6S.C2H6/c1-12-10-14(11-17)20-16(19-12)21-6-8-22(9-7-21)23-15-4-2-13(18)3-5-15;1-2/h2-5,10H,6-9,18H2,1H3;1-2H3. The number of rotatable bonds is 3. The summed E-state index contributed by atoms with van der Waals surface area (Å²) in [6.45, 7) is 9.40. The maximum absolute atomic E-state index is 9.03. The smallest absolute Gasteiger partial charge is 0.226 e. The van der Waals surface area contributed by atoms with Gasteiger partial charge in [0.1, 0.15) is 11.8 Å². The zero-order valence-corrected chi connectivity index (χ0v) is 15.8. The molecule has 132 valence electrons. The van der Waals surface area contributed by atoms with Gasteiger partial charge in [-0.2, -0.15) is 5.26 Å². The van der Waals surface area contributed by atoms with Gasteiger partial charge in [-0.05, 0) is 49.2 Å². The van der Waals surface area contributed by atoms with E-state index in [4.69, 9.17) is 11.0 Å². The van der Waals surface area contributed by atoms with E-state index < -0.39 is 0 Å². The van der Waals surface area contributed by atoms with Gasteiger partial charge >= 0.3 is 0 Å². The number of nitriles is 1. The minimum atomic E-state index is 0.422. The Morgan fingerprint density at radius 2 is 1.72 bits per heavy atom. The van der Waals surface area contributed by atoms with Gasteiger partial charge in [0.05, 0.1) is 0 Å². The molecule has 2 heterocycles. The third-order valence-electron chi connectivity index (χ3n) is 3.59. The highest BCUT2D eigenvalue weighted by atomic mass is 32.2. The number of hydrogen-bond donors (Lipinski definition) is 1. The minimum absolute atomic E-state index is 0.422. The van der Waals surface area contributed by atoms with Crippen molar-refractivity contribution in [2.24, 2.45) is 0 Å². The molecule has 25 heavy (non-hydrogen) atoms. The van der Waals surface area contributed by atoms with Crippen molar-refractivity contribution in [3.05, 3.63) is 41.7 Å².